The number of carbonyl (C=O) groups excluding carboxylic acids is 2. The predicted molar refractivity (Wildman–Crippen MR) is 126 cm³/mol. The lowest BCUT2D eigenvalue weighted by Crippen LogP contribution is -2.32. The van der Waals surface area contributed by atoms with Gasteiger partial charge in [0.2, 0.25) is 0 Å². The minimum Gasteiger partial charge on any atom is -0.493 e. The van der Waals surface area contributed by atoms with Crippen LogP contribution in [0.4, 0.5) is 5.69 Å². The fraction of sp³-hybridized carbons (Fsp3) is 0.167. The summed E-state index contributed by atoms with van der Waals surface area (Å²) < 4.78 is 10.6. The van der Waals surface area contributed by atoms with Gasteiger partial charge in [0, 0.05) is 15.6 Å². The van der Waals surface area contributed by atoms with Crippen LogP contribution in [0.15, 0.2) is 59.6 Å². The maximum atomic E-state index is 13.4. The molecule has 0 bridgehead atoms. The van der Waals surface area contributed by atoms with Gasteiger partial charge in [0.05, 0.1) is 26.3 Å². The van der Waals surface area contributed by atoms with Crippen LogP contribution in [-0.4, -0.2) is 30.9 Å². The molecule has 2 heterocycles. The van der Waals surface area contributed by atoms with Crippen LogP contribution in [0.5, 0.6) is 11.5 Å². The number of carbonyl (C=O) groups is 2. The van der Waals surface area contributed by atoms with Crippen LogP contribution in [-0.2, 0) is 16.1 Å². The van der Waals surface area contributed by atoms with Gasteiger partial charge in [0.1, 0.15) is 5.70 Å². The Kier molecular flexibility index (Phi) is 6.21. The van der Waals surface area contributed by atoms with Gasteiger partial charge in [-0.3, -0.25) is 14.5 Å². The SMILES string of the molecule is COc1ccc(CN2C(=O)C(Nc3ccc(C)c(Cl)c3)=C(c3cccs3)C2=O)cc1OC. The molecule has 0 fully saturated rings. The van der Waals surface area contributed by atoms with Crippen molar-refractivity contribution in [1.29, 1.82) is 0 Å². The van der Waals surface area contributed by atoms with Crippen molar-refractivity contribution >= 4 is 46.0 Å². The van der Waals surface area contributed by atoms with Crippen molar-refractivity contribution in [3.63, 3.8) is 0 Å². The van der Waals surface area contributed by atoms with Gasteiger partial charge < -0.3 is 14.8 Å². The zero-order valence-corrected chi connectivity index (χ0v) is 19.3. The van der Waals surface area contributed by atoms with Gasteiger partial charge in [-0.15, -0.1) is 11.3 Å². The first-order chi connectivity index (χ1) is 15.4. The molecule has 0 saturated heterocycles. The molecule has 0 saturated carbocycles. The van der Waals surface area contributed by atoms with Gasteiger partial charge in [-0.25, -0.2) is 0 Å². The fourth-order valence-electron chi connectivity index (χ4n) is 3.46. The molecular weight excluding hydrogens is 448 g/mol. The Bertz CT molecular complexity index is 1220. The number of amides is 2. The lowest BCUT2D eigenvalue weighted by Gasteiger charge is -2.17. The number of aryl methyl sites for hydroxylation is 1. The zero-order valence-electron chi connectivity index (χ0n) is 17.8. The van der Waals surface area contributed by atoms with Crippen LogP contribution in [0.2, 0.25) is 5.02 Å². The summed E-state index contributed by atoms with van der Waals surface area (Å²) in [4.78, 5) is 28.7. The molecule has 164 valence electrons. The second-order valence-electron chi connectivity index (χ2n) is 7.20. The summed E-state index contributed by atoms with van der Waals surface area (Å²) in [6, 6.07) is 14.4. The van der Waals surface area contributed by atoms with E-state index in [0.717, 1.165) is 16.0 Å². The fourth-order valence-corrected chi connectivity index (χ4v) is 4.41. The molecule has 0 aliphatic carbocycles. The van der Waals surface area contributed by atoms with E-state index < -0.39 is 5.91 Å². The first kappa shape index (κ1) is 21.9. The van der Waals surface area contributed by atoms with E-state index in [1.807, 2.05) is 36.6 Å². The predicted octanol–water partition coefficient (Wildman–Crippen LogP) is 5.12. The first-order valence-electron chi connectivity index (χ1n) is 9.81. The van der Waals surface area contributed by atoms with E-state index in [4.69, 9.17) is 21.1 Å². The Morgan fingerprint density at radius 1 is 1.00 bits per heavy atom. The number of methoxy groups -OCH3 is 2. The molecule has 1 aliphatic rings. The van der Waals surface area contributed by atoms with Crippen LogP contribution in [0.3, 0.4) is 0 Å². The molecule has 2 amide bonds. The van der Waals surface area contributed by atoms with Crippen molar-refractivity contribution in [3.8, 4) is 11.5 Å². The van der Waals surface area contributed by atoms with Crippen LogP contribution < -0.4 is 14.8 Å². The van der Waals surface area contributed by atoms with Crippen molar-refractivity contribution in [3.05, 3.63) is 80.6 Å². The van der Waals surface area contributed by atoms with Crippen molar-refractivity contribution in [2.45, 2.75) is 13.5 Å². The highest BCUT2D eigenvalue weighted by Gasteiger charge is 2.39. The number of nitrogens with one attached hydrogen (secondary N) is 1. The third-order valence-electron chi connectivity index (χ3n) is 5.17. The van der Waals surface area contributed by atoms with Gasteiger partial charge >= 0.3 is 0 Å². The summed E-state index contributed by atoms with van der Waals surface area (Å²) in [5.41, 5.74) is 2.89. The molecule has 1 N–H and O–H groups in total. The average Bonchev–Trinajstić information content (AvgIpc) is 3.39. The van der Waals surface area contributed by atoms with Crippen molar-refractivity contribution in [2.75, 3.05) is 19.5 Å². The zero-order chi connectivity index (χ0) is 22.8. The molecule has 8 heteroatoms. The number of hydrogen-bond donors (Lipinski definition) is 1. The van der Waals surface area contributed by atoms with Crippen molar-refractivity contribution in [1.82, 2.24) is 4.90 Å². The summed E-state index contributed by atoms with van der Waals surface area (Å²) >= 11 is 7.66. The molecule has 1 aromatic heterocycles. The van der Waals surface area contributed by atoms with Gasteiger partial charge in [-0.2, -0.15) is 0 Å². The van der Waals surface area contributed by atoms with E-state index in [9.17, 15) is 9.59 Å². The molecule has 6 nitrogen and oxygen atoms in total. The van der Waals surface area contributed by atoms with Gasteiger partial charge in [-0.05, 0) is 53.8 Å². The van der Waals surface area contributed by atoms with Gasteiger partial charge in [-0.1, -0.05) is 29.8 Å². The number of thiophene rings is 1. The highest BCUT2D eigenvalue weighted by atomic mass is 35.5. The van der Waals surface area contributed by atoms with Crippen molar-refractivity contribution in [2.24, 2.45) is 0 Å². The summed E-state index contributed by atoms with van der Waals surface area (Å²) in [5, 5.41) is 5.58. The standard InChI is InChI=1S/C24H21ClN2O4S/c1-14-6-8-16(12-17(14)25)26-22-21(20-5-4-10-32-20)23(28)27(24(22)29)13-15-7-9-18(30-2)19(11-15)31-3/h4-12,26H,13H2,1-3H3. The highest BCUT2D eigenvalue weighted by molar-refractivity contribution is 7.11. The van der Waals surface area contributed by atoms with Gasteiger partial charge in [0.15, 0.2) is 11.5 Å². The first-order valence-corrected chi connectivity index (χ1v) is 11.1. The Hall–Kier alpha value is -3.29. The number of anilines is 1. The summed E-state index contributed by atoms with van der Waals surface area (Å²) in [7, 11) is 3.09. The second-order valence-corrected chi connectivity index (χ2v) is 8.56. The van der Waals surface area contributed by atoms with E-state index in [-0.39, 0.29) is 18.1 Å². The van der Waals surface area contributed by atoms with Gasteiger partial charge in [0.25, 0.3) is 11.8 Å². The maximum absolute atomic E-state index is 13.4. The normalized spacial score (nSPS) is 13.7. The summed E-state index contributed by atoms with van der Waals surface area (Å²) in [6.07, 6.45) is 0. The topological polar surface area (TPSA) is 67.9 Å². The van der Waals surface area contributed by atoms with E-state index in [1.54, 1.807) is 38.5 Å². The molecule has 2 aromatic carbocycles. The van der Waals surface area contributed by atoms with Crippen molar-refractivity contribution < 1.29 is 19.1 Å². The molecule has 0 radical (unpaired) electrons. The molecule has 1 aliphatic heterocycles. The Morgan fingerprint density at radius 3 is 2.44 bits per heavy atom. The number of imide groups is 1. The molecule has 0 atom stereocenters. The van der Waals surface area contributed by atoms with E-state index in [1.165, 1.54) is 16.2 Å². The average molecular weight is 469 g/mol. The third kappa shape index (κ3) is 4.09. The third-order valence-corrected chi connectivity index (χ3v) is 6.46. The lowest BCUT2D eigenvalue weighted by molar-refractivity contribution is -0.137. The number of ether oxygens (including phenoxy) is 2. The van der Waals surface area contributed by atoms with Crippen LogP contribution >= 0.6 is 22.9 Å². The Labute approximate surface area is 195 Å². The van der Waals surface area contributed by atoms with Crippen LogP contribution in [0.1, 0.15) is 16.0 Å². The largest absolute Gasteiger partial charge is 0.493 e. The second kappa shape index (κ2) is 9.06. The number of hydrogen-bond acceptors (Lipinski definition) is 6. The number of rotatable bonds is 7. The molecule has 0 spiro atoms. The maximum Gasteiger partial charge on any atom is 0.278 e. The minimum absolute atomic E-state index is 0.104. The lowest BCUT2D eigenvalue weighted by atomic mass is 10.1. The van der Waals surface area contributed by atoms with Crippen LogP contribution in [0.25, 0.3) is 5.57 Å². The monoisotopic (exact) mass is 468 g/mol. The van der Waals surface area contributed by atoms with E-state index in [0.29, 0.717) is 27.8 Å². The smallest absolute Gasteiger partial charge is 0.278 e. The Balaban J connectivity index is 1.68. The molecule has 3 aromatic rings. The highest BCUT2D eigenvalue weighted by Crippen LogP contribution is 2.35. The molecule has 32 heavy (non-hydrogen) atoms. The number of halogens is 1. The summed E-state index contributed by atoms with van der Waals surface area (Å²) in [5.74, 6) is 0.354. The molecule has 0 unspecified atom stereocenters. The van der Waals surface area contributed by atoms with E-state index in [2.05, 4.69) is 5.32 Å². The summed E-state index contributed by atoms with van der Waals surface area (Å²) in [6.45, 7) is 2.00. The van der Waals surface area contributed by atoms with E-state index >= 15 is 0 Å². The Morgan fingerprint density at radius 2 is 1.78 bits per heavy atom. The number of nitrogens with zero attached hydrogens (tertiary/aromatic N) is 1. The molecular formula is C24H21ClN2O4S. The van der Waals surface area contributed by atoms with Crippen LogP contribution in [0, 0.1) is 6.92 Å². The quantitative estimate of drug-likeness (QED) is 0.487. The number of benzene rings is 2. The minimum atomic E-state index is -0.398. The molecule has 4 rings (SSSR count).